The molecule has 2 rings (SSSR count). The van der Waals surface area contributed by atoms with Crippen LogP contribution >= 0.6 is 0 Å². The van der Waals surface area contributed by atoms with Crippen molar-refractivity contribution in [1.29, 1.82) is 0 Å². The van der Waals surface area contributed by atoms with Gasteiger partial charge in [0.05, 0.1) is 7.11 Å². The molecule has 1 nitrogen and oxygen atoms in total. The van der Waals surface area contributed by atoms with E-state index in [1.807, 2.05) is 36.4 Å². The second-order valence-electron chi connectivity index (χ2n) is 5.06. The van der Waals surface area contributed by atoms with Gasteiger partial charge in [0, 0.05) is 0 Å². The summed E-state index contributed by atoms with van der Waals surface area (Å²) in [6, 6.07) is 14.5. The van der Waals surface area contributed by atoms with Gasteiger partial charge < -0.3 is 4.74 Å². The summed E-state index contributed by atoms with van der Waals surface area (Å²) in [5.74, 6) is 1.03. The van der Waals surface area contributed by atoms with Crippen LogP contribution in [0.4, 0.5) is 4.39 Å². The Balaban J connectivity index is 2.44. The largest absolute Gasteiger partial charge is 0.497 e. The highest BCUT2D eigenvalue weighted by molar-refractivity contribution is 5.80. The van der Waals surface area contributed by atoms with Crippen LogP contribution in [0.2, 0.25) is 0 Å². The zero-order valence-corrected chi connectivity index (χ0v) is 12.1. The minimum Gasteiger partial charge on any atom is -0.497 e. The summed E-state index contributed by atoms with van der Waals surface area (Å²) in [5.41, 5.74) is 3.24. The van der Waals surface area contributed by atoms with E-state index in [0.717, 1.165) is 22.4 Å². The third-order valence-electron chi connectivity index (χ3n) is 3.06. The summed E-state index contributed by atoms with van der Waals surface area (Å²) >= 11 is 0. The molecule has 0 saturated heterocycles. The van der Waals surface area contributed by atoms with Crippen molar-refractivity contribution in [3.05, 3.63) is 71.6 Å². The second kappa shape index (κ2) is 6.38. The number of hydrogen-bond donors (Lipinski definition) is 0. The number of hydrogen-bond acceptors (Lipinski definition) is 1. The van der Waals surface area contributed by atoms with Crippen LogP contribution in [0.5, 0.6) is 5.75 Å². The predicted octanol–water partition coefficient (Wildman–Crippen LogP) is 4.92. The Labute approximate surface area is 119 Å². The highest BCUT2D eigenvalue weighted by Crippen LogP contribution is 2.27. The Morgan fingerprint density at radius 2 is 1.45 bits per heavy atom. The van der Waals surface area contributed by atoms with Crippen LogP contribution in [0, 0.1) is 11.7 Å². The van der Waals surface area contributed by atoms with Crippen molar-refractivity contribution in [1.82, 2.24) is 0 Å². The lowest BCUT2D eigenvalue weighted by Crippen LogP contribution is -1.92. The minimum atomic E-state index is -0.215. The topological polar surface area (TPSA) is 9.23 Å². The molecule has 0 saturated carbocycles. The highest BCUT2D eigenvalue weighted by atomic mass is 19.1. The van der Waals surface area contributed by atoms with Crippen molar-refractivity contribution in [2.24, 2.45) is 5.92 Å². The number of rotatable bonds is 4. The lowest BCUT2D eigenvalue weighted by molar-refractivity contribution is 0.415. The van der Waals surface area contributed by atoms with Crippen molar-refractivity contribution < 1.29 is 9.13 Å². The van der Waals surface area contributed by atoms with Crippen LogP contribution in [-0.4, -0.2) is 7.11 Å². The van der Waals surface area contributed by atoms with Crippen LogP contribution in [0.25, 0.3) is 5.57 Å². The molecular formula is C18H19FO. The van der Waals surface area contributed by atoms with Crippen LogP contribution in [-0.2, 0) is 0 Å². The third kappa shape index (κ3) is 3.47. The smallest absolute Gasteiger partial charge is 0.123 e. The van der Waals surface area contributed by atoms with Gasteiger partial charge in [0.15, 0.2) is 0 Å². The van der Waals surface area contributed by atoms with E-state index >= 15 is 0 Å². The first-order valence-electron chi connectivity index (χ1n) is 6.72. The normalized spacial score (nSPS) is 11.8. The van der Waals surface area contributed by atoms with Crippen molar-refractivity contribution in [3.8, 4) is 5.75 Å². The SMILES string of the molecule is COc1ccc(C(=CC(C)C)c2ccc(F)cc2)cc1. The van der Waals surface area contributed by atoms with E-state index in [1.54, 1.807) is 7.11 Å². The zero-order chi connectivity index (χ0) is 14.5. The molecule has 0 aromatic heterocycles. The highest BCUT2D eigenvalue weighted by Gasteiger charge is 2.06. The molecule has 2 aromatic rings. The molecule has 0 atom stereocenters. The Bertz CT molecular complexity index is 580. The first kappa shape index (κ1) is 14.3. The van der Waals surface area contributed by atoms with Gasteiger partial charge in [-0.15, -0.1) is 0 Å². The maximum Gasteiger partial charge on any atom is 0.123 e. The second-order valence-corrected chi connectivity index (χ2v) is 5.06. The molecule has 0 amide bonds. The molecule has 0 bridgehead atoms. The van der Waals surface area contributed by atoms with Crippen molar-refractivity contribution in [2.45, 2.75) is 13.8 Å². The van der Waals surface area contributed by atoms with Gasteiger partial charge in [0.2, 0.25) is 0 Å². The van der Waals surface area contributed by atoms with E-state index in [-0.39, 0.29) is 5.82 Å². The quantitative estimate of drug-likeness (QED) is 0.766. The molecule has 0 N–H and O–H groups in total. The third-order valence-corrected chi connectivity index (χ3v) is 3.06. The van der Waals surface area contributed by atoms with Gasteiger partial charge in [-0.05, 0) is 46.9 Å². The molecule has 0 radical (unpaired) electrons. The van der Waals surface area contributed by atoms with E-state index in [4.69, 9.17) is 4.74 Å². The predicted molar refractivity (Wildman–Crippen MR) is 81.3 cm³/mol. The van der Waals surface area contributed by atoms with Crippen molar-refractivity contribution in [2.75, 3.05) is 7.11 Å². The van der Waals surface area contributed by atoms with E-state index in [1.165, 1.54) is 12.1 Å². The summed E-state index contributed by atoms with van der Waals surface area (Å²) in [4.78, 5) is 0. The molecular weight excluding hydrogens is 251 g/mol. The molecule has 0 spiro atoms. The summed E-state index contributed by atoms with van der Waals surface area (Å²) in [7, 11) is 1.65. The molecule has 2 heteroatoms. The Morgan fingerprint density at radius 3 is 1.90 bits per heavy atom. The standard InChI is InChI=1S/C18H19FO/c1-13(2)12-18(14-4-8-16(19)9-5-14)15-6-10-17(20-3)11-7-15/h4-13H,1-3H3. The summed E-state index contributed by atoms with van der Waals surface area (Å²) in [5, 5.41) is 0. The number of halogens is 1. The lowest BCUT2D eigenvalue weighted by atomic mass is 9.95. The minimum absolute atomic E-state index is 0.215. The van der Waals surface area contributed by atoms with E-state index in [9.17, 15) is 4.39 Å². The molecule has 20 heavy (non-hydrogen) atoms. The Kier molecular flexibility index (Phi) is 4.57. The number of ether oxygens (including phenoxy) is 1. The first-order valence-corrected chi connectivity index (χ1v) is 6.72. The average molecular weight is 270 g/mol. The Hall–Kier alpha value is -2.09. The maximum absolute atomic E-state index is 13.1. The van der Waals surface area contributed by atoms with E-state index < -0.39 is 0 Å². The maximum atomic E-state index is 13.1. The molecule has 0 aliphatic heterocycles. The first-order chi connectivity index (χ1) is 9.60. The fourth-order valence-corrected chi connectivity index (χ4v) is 2.09. The average Bonchev–Trinajstić information content (AvgIpc) is 2.46. The van der Waals surface area contributed by atoms with Crippen LogP contribution in [0.3, 0.4) is 0 Å². The van der Waals surface area contributed by atoms with Crippen molar-refractivity contribution in [3.63, 3.8) is 0 Å². The molecule has 0 heterocycles. The van der Waals surface area contributed by atoms with E-state index in [0.29, 0.717) is 5.92 Å². The number of benzene rings is 2. The molecule has 0 fully saturated rings. The van der Waals surface area contributed by atoms with Gasteiger partial charge >= 0.3 is 0 Å². The zero-order valence-electron chi connectivity index (χ0n) is 12.1. The van der Waals surface area contributed by atoms with Crippen LogP contribution in [0.15, 0.2) is 54.6 Å². The fourth-order valence-electron chi connectivity index (χ4n) is 2.09. The fraction of sp³-hybridized carbons (Fsp3) is 0.222. The summed E-state index contributed by atoms with van der Waals surface area (Å²) in [6.07, 6.45) is 2.19. The van der Waals surface area contributed by atoms with Crippen LogP contribution in [0.1, 0.15) is 25.0 Å². The van der Waals surface area contributed by atoms with Gasteiger partial charge in [-0.3, -0.25) is 0 Å². The van der Waals surface area contributed by atoms with Crippen molar-refractivity contribution >= 4 is 5.57 Å². The van der Waals surface area contributed by atoms with Gasteiger partial charge in [-0.2, -0.15) is 0 Å². The summed E-state index contributed by atoms with van der Waals surface area (Å²) in [6.45, 7) is 4.26. The molecule has 2 aromatic carbocycles. The van der Waals surface area contributed by atoms with E-state index in [2.05, 4.69) is 19.9 Å². The summed E-state index contributed by atoms with van der Waals surface area (Å²) < 4.78 is 18.3. The molecule has 0 aliphatic carbocycles. The molecule has 0 unspecified atom stereocenters. The van der Waals surface area contributed by atoms with Crippen LogP contribution < -0.4 is 4.74 Å². The van der Waals surface area contributed by atoms with Gasteiger partial charge in [-0.1, -0.05) is 44.2 Å². The number of allylic oxidation sites excluding steroid dienone is 1. The van der Waals surface area contributed by atoms with Gasteiger partial charge in [0.1, 0.15) is 11.6 Å². The van der Waals surface area contributed by atoms with Gasteiger partial charge in [-0.25, -0.2) is 4.39 Å². The molecule has 104 valence electrons. The van der Waals surface area contributed by atoms with Gasteiger partial charge in [0.25, 0.3) is 0 Å². The monoisotopic (exact) mass is 270 g/mol. The lowest BCUT2D eigenvalue weighted by Gasteiger charge is -2.11. The molecule has 0 aliphatic rings. The Morgan fingerprint density at radius 1 is 0.950 bits per heavy atom. The number of methoxy groups -OCH3 is 1.